The molecule has 1 aliphatic heterocycles. The van der Waals surface area contributed by atoms with Gasteiger partial charge in [-0.2, -0.15) is 0 Å². The summed E-state index contributed by atoms with van der Waals surface area (Å²) >= 11 is 0. The molecule has 5 atom stereocenters. The van der Waals surface area contributed by atoms with Crippen molar-refractivity contribution in [2.75, 3.05) is 6.54 Å². The Morgan fingerprint density at radius 3 is 2.19 bits per heavy atom. The van der Waals surface area contributed by atoms with Crippen LogP contribution < -0.4 is 21.3 Å². The van der Waals surface area contributed by atoms with Crippen molar-refractivity contribution < 1.29 is 24.3 Å². The summed E-state index contributed by atoms with van der Waals surface area (Å²) in [5, 5.41) is 20.6. The van der Waals surface area contributed by atoms with Crippen molar-refractivity contribution in [2.45, 2.75) is 97.8 Å². The first-order valence-electron chi connectivity index (χ1n) is 11.2. The van der Waals surface area contributed by atoms with Crippen LogP contribution in [0, 0.1) is 11.3 Å². The maximum atomic E-state index is 12.9. The second-order valence-electron chi connectivity index (χ2n) is 9.75. The molecule has 0 unspecified atom stereocenters. The number of carboxylic acids is 1. The van der Waals surface area contributed by atoms with Gasteiger partial charge in [0, 0.05) is 0 Å². The molecule has 9 heteroatoms. The molecule has 9 nitrogen and oxygen atoms in total. The zero-order valence-corrected chi connectivity index (χ0v) is 19.7. The van der Waals surface area contributed by atoms with Crippen LogP contribution in [0.3, 0.4) is 0 Å². The van der Waals surface area contributed by atoms with E-state index in [1.165, 1.54) is 0 Å². The summed E-state index contributed by atoms with van der Waals surface area (Å²) in [7, 11) is 0. The van der Waals surface area contributed by atoms with E-state index in [-0.39, 0.29) is 23.3 Å². The maximum Gasteiger partial charge on any atom is 0.326 e. The molecule has 1 rings (SSSR count). The number of amides is 3. The largest absolute Gasteiger partial charge is 0.480 e. The lowest BCUT2D eigenvalue weighted by Crippen LogP contribution is -2.58. The van der Waals surface area contributed by atoms with Gasteiger partial charge in [-0.3, -0.25) is 14.4 Å². The van der Waals surface area contributed by atoms with Gasteiger partial charge in [-0.25, -0.2) is 4.79 Å². The lowest BCUT2D eigenvalue weighted by atomic mass is 9.88. The molecular weight excluding hydrogens is 400 g/mol. The quantitative estimate of drug-likeness (QED) is 0.327. The Morgan fingerprint density at radius 1 is 1.06 bits per heavy atom. The van der Waals surface area contributed by atoms with Gasteiger partial charge in [0.2, 0.25) is 17.7 Å². The molecule has 0 spiro atoms. The molecule has 0 aromatic heterocycles. The molecule has 0 bridgehead atoms. The average Bonchev–Trinajstić information content (AvgIpc) is 3.22. The fourth-order valence-electron chi connectivity index (χ4n) is 3.36. The van der Waals surface area contributed by atoms with Crippen LogP contribution in [0.4, 0.5) is 0 Å². The van der Waals surface area contributed by atoms with E-state index in [0.717, 1.165) is 19.4 Å². The fourth-order valence-corrected chi connectivity index (χ4v) is 3.36. The highest BCUT2D eigenvalue weighted by Gasteiger charge is 2.32. The number of carbonyl (C=O) groups excluding carboxylic acids is 3. The van der Waals surface area contributed by atoms with Gasteiger partial charge in [-0.15, -0.1) is 0 Å². The van der Waals surface area contributed by atoms with Crippen molar-refractivity contribution in [1.29, 1.82) is 0 Å². The van der Waals surface area contributed by atoms with Crippen molar-refractivity contribution in [3.63, 3.8) is 0 Å². The smallest absolute Gasteiger partial charge is 0.326 e. The zero-order chi connectivity index (χ0) is 23.8. The minimum Gasteiger partial charge on any atom is -0.480 e. The Morgan fingerprint density at radius 2 is 1.71 bits per heavy atom. The third-order valence-electron chi connectivity index (χ3n) is 5.72. The van der Waals surface area contributed by atoms with Crippen molar-refractivity contribution in [3.8, 4) is 0 Å². The zero-order valence-electron chi connectivity index (χ0n) is 19.7. The highest BCUT2D eigenvalue weighted by atomic mass is 16.4. The van der Waals surface area contributed by atoms with Crippen LogP contribution in [-0.4, -0.2) is 59.5 Å². The third-order valence-corrected chi connectivity index (χ3v) is 5.72. The summed E-state index contributed by atoms with van der Waals surface area (Å²) < 4.78 is 0. The second-order valence-corrected chi connectivity index (χ2v) is 9.75. The monoisotopic (exact) mass is 440 g/mol. The number of aliphatic carboxylic acids is 1. The predicted molar refractivity (Wildman–Crippen MR) is 118 cm³/mol. The Balaban J connectivity index is 2.76. The normalized spacial score (nSPS) is 20.3. The van der Waals surface area contributed by atoms with Gasteiger partial charge in [-0.05, 0) is 50.5 Å². The van der Waals surface area contributed by atoms with Gasteiger partial charge < -0.3 is 26.4 Å². The summed E-state index contributed by atoms with van der Waals surface area (Å²) in [5.74, 6) is -2.55. The Kier molecular flexibility index (Phi) is 10.4. The molecule has 0 radical (unpaired) electrons. The van der Waals surface area contributed by atoms with Gasteiger partial charge in [0.1, 0.15) is 18.1 Å². The Bertz CT molecular complexity index is 640. The summed E-state index contributed by atoms with van der Waals surface area (Å²) in [5.41, 5.74) is -0.0649. The number of nitrogens with one attached hydrogen (secondary N) is 4. The number of rotatable bonds is 11. The van der Waals surface area contributed by atoms with Crippen molar-refractivity contribution >= 4 is 23.7 Å². The maximum absolute atomic E-state index is 12.9. The highest BCUT2D eigenvalue weighted by Crippen LogP contribution is 2.22. The van der Waals surface area contributed by atoms with E-state index in [1.807, 2.05) is 34.6 Å². The molecule has 5 N–H and O–H groups in total. The SMILES string of the molecule is CC[C@H](C)[C@H](NC(=O)[C@H](C)NC(=O)[C@@H]1CCCN1)C(=O)N[C@@H](CCC(C)(C)C)C(=O)O. The van der Waals surface area contributed by atoms with Gasteiger partial charge in [0.05, 0.1) is 6.04 Å². The van der Waals surface area contributed by atoms with E-state index >= 15 is 0 Å². The van der Waals surface area contributed by atoms with Crippen LogP contribution in [0.2, 0.25) is 0 Å². The van der Waals surface area contributed by atoms with Crippen LogP contribution in [0.15, 0.2) is 0 Å². The summed E-state index contributed by atoms with van der Waals surface area (Å²) in [6.07, 6.45) is 3.18. The number of hydrogen-bond acceptors (Lipinski definition) is 5. The highest BCUT2D eigenvalue weighted by molar-refractivity contribution is 5.94. The molecule has 0 saturated carbocycles. The lowest BCUT2D eigenvalue weighted by molar-refractivity contribution is -0.143. The molecule has 1 heterocycles. The van der Waals surface area contributed by atoms with Gasteiger partial charge in [-0.1, -0.05) is 41.0 Å². The predicted octanol–water partition coefficient (Wildman–Crippen LogP) is 1.17. The Labute approximate surface area is 185 Å². The van der Waals surface area contributed by atoms with Gasteiger partial charge in [0.25, 0.3) is 0 Å². The van der Waals surface area contributed by atoms with Crippen molar-refractivity contribution in [1.82, 2.24) is 21.3 Å². The number of carbonyl (C=O) groups is 4. The molecular formula is C22H40N4O5. The fraction of sp³-hybridized carbons (Fsp3) is 0.818. The van der Waals surface area contributed by atoms with Crippen LogP contribution in [0.5, 0.6) is 0 Å². The third kappa shape index (κ3) is 9.25. The van der Waals surface area contributed by atoms with Gasteiger partial charge >= 0.3 is 5.97 Å². The van der Waals surface area contributed by atoms with Crippen LogP contribution in [0.1, 0.15) is 73.6 Å². The van der Waals surface area contributed by atoms with E-state index in [4.69, 9.17) is 0 Å². The first-order valence-corrected chi connectivity index (χ1v) is 11.2. The topological polar surface area (TPSA) is 137 Å². The molecule has 178 valence electrons. The van der Waals surface area contributed by atoms with Crippen LogP contribution in [-0.2, 0) is 19.2 Å². The van der Waals surface area contributed by atoms with Crippen molar-refractivity contribution in [3.05, 3.63) is 0 Å². The summed E-state index contributed by atoms with van der Waals surface area (Å²) in [6, 6.07) is -3.04. The van der Waals surface area contributed by atoms with Crippen LogP contribution >= 0.6 is 0 Å². The van der Waals surface area contributed by atoms with E-state index < -0.39 is 35.9 Å². The summed E-state index contributed by atoms with van der Waals surface area (Å²) in [4.78, 5) is 49.4. The van der Waals surface area contributed by atoms with E-state index in [0.29, 0.717) is 19.3 Å². The first-order chi connectivity index (χ1) is 14.4. The van der Waals surface area contributed by atoms with E-state index in [1.54, 1.807) is 6.92 Å². The first kappa shape index (κ1) is 26.9. The molecule has 0 aromatic rings. The lowest BCUT2D eigenvalue weighted by Gasteiger charge is -2.28. The molecule has 1 aliphatic rings. The molecule has 0 aliphatic carbocycles. The second kappa shape index (κ2) is 12.0. The van der Waals surface area contributed by atoms with Crippen LogP contribution in [0.25, 0.3) is 0 Å². The number of carboxylic acid groups (broad SMARTS) is 1. The standard InChI is InChI=1S/C22H40N4O5/c1-7-13(2)17(20(29)25-16(21(30)31)10-11-22(4,5)6)26-18(27)14(3)24-19(28)15-9-8-12-23-15/h13-17,23H,7-12H2,1-6H3,(H,24,28)(H,25,29)(H,26,27)(H,30,31)/t13-,14-,15-,16-,17-/m0/s1. The minimum atomic E-state index is -1.10. The molecule has 3 amide bonds. The van der Waals surface area contributed by atoms with E-state index in [9.17, 15) is 24.3 Å². The Hall–Kier alpha value is -2.16. The minimum absolute atomic E-state index is 0.0649. The molecule has 1 saturated heterocycles. The van der Waals surface area contributed by atoms with Gasteiger partial charge in [0.15, 0.2) is 0 Å². The average molecular weight is 441 g/mol. The molecule has 31 heavy (non-hydrogen) atoms. The number of hydrogen-bond donors (Lipinski definition) is 5. The van der Waals surface area contributed by atoms with E-state index in [2.05, 4.69) is 21.3 Å². The molecule has 1 fully saturated rings. The summed E-state index contributed by atoms with van der Waals surface area (Å²) in [6.45, 7) is 12.1. The molecule has 0 aromatic carbocycles. The van der Waals surface area contributed by atoms with Crippen molar-refractivity contribution in [2.24, 2.45) is 11.3 Å².